The van der Waals surface area contributed by atoms with Crippen molar-refractivity contribution in [3.63, 3.8) is 0 Å². The van der Waals surface area contributed by atoms with Crippen molar-refractivity contribution in [1.29, 1.82) is 5.26 Å². The van der Waals surface area contributed by atoms with Gasteiger partial charge in [0.05, 0.1) is 11.3 Å². The monoisotopic (exact) mass is 343 g/mol. The van der Waals surface area contributed by atoms with Crippen LogP contribution in [0.3, 0.4) is 0 Å². The number of para-hydroxylation sites is 1. The van der Waals surface area contributed by atoms with E-state index in [2.05, 4.69) is 10.5 Å². The van der Waals surface area contributed by atoms with Gasteiger partial charge >= 0.3 is 0 Å². The Morgan fingerprint density at radius 1 is 1.08 bits per heavy atom. The minimum atomic E-state index is -0.391. The highest BCUT2D eigenvalue weighted by atomic mass is 16.5. The number of carbonyl (C=O) groups is 1. The van der Waals surface area contributed by atoms with Gasteiger partial charge in [-0.3, -0.25) is 4.79 Å². The Labute approximate surface area is 151 Å². The zero-order valence-corrected chi connectivity index (χ0v) is 14.3. The molecule has 3 aromatic carbocycles. The molecule has 0 aliphatic rings. The van der Waals surface area contributed by atoms with Crippen LogP contribution in [-0.2, 0) is 4.79 Å². The largest absolute Gasteiger partial charge is 0.482 e. The maximum atomic E-state index is 11.9. The normalized spacial score (nSPS) is 11.0. The average molecular weight is 343 g/mol. The Morgan fingerprint density at radius 3 is 2.62 bits per heavy atom. The van der Waals surface area contributed by atoms with Crippen LogP contribution in [0.1, 0.15) is 18.1 Å². The van der Waals surface area contributed by atoms with Gasteiger partial charge in [0.1, 0.15) is 11.8 Å². The number of nitrogens with zero attached hydrogens (tertiary/aromatic N) is 2. The molecule has 0 unspecified atom stereocenters. The third-order valence-corrected chi connectivity index (χ3v) is 3.88. The molecule has 0 fully saturated rings. The van der Waals surface area contributed by atoms with E-state index in [1.54, 1.807) is 24.3 Å². The Hall–Kier alpha value is -3.65. The maximum absolute atomic E-state index is 11.9. The van der Waals surface area contributed by atoms with Crippen LogP contribution in [0.5, 0.6) is 5.75 Å². The van der Waals surface area contributed by atoms with Gasteiger partial charge in [-0.1, -0.05) is 48.5 Å². The molecule has 0 aliphatic heterocycles. The molecule has 0 atom stereocenters. The molecule has 0 saturated heterocycles. The van der Waals surface area contributed by atoms with Crippen molar-refractivity contribution in [1.82, 2.24) is 5.43 Å². The van der Waals surface area contributed by atoms with E-state index in [1.165, 1.54) is 0 Å². The van der Waals surface area contributed by atoms with Crippen molar-refractivity contribution in [2.45, 2.75) is 6.92 Å². The van der Waals surface area contributed by atoms with E-state index in [1.807, 2.05) is 55.5 Å². The van der Waals surface area contributed by atoms with E-state index in [9.17, 15) is 4.79 Å². The molecule has 0 aromatic heterocycles. The Morgan fingerprint density at radius 2 is 1.81 bits per heavy atom. The number of carbonyl (C=O) groups excluding carboxylic acids is 1. The minimum Gasteiger partial charge on any atom is -0.482 e. The molecule has 26 heavy (non-hydrogen) atoms. The quantitative estimate of drug-likeness (QED) is 0.568. The Balaban J connectivity index is 1.62. The predicted molar refractivity (Wildman–Crippen MR) is 101 cm³/mol. The zero-order chi connectivity index (χ0) is 18.4. The van der Waals surface area contributed by atoms with Crippen LogP contribution in [0.15, 0.2) is 71.8 Å². The summed E-state index contributed by atoms with van der Waals surface area (Å²) in [5.74, 6) is -0.0155. The molecule has 0 bridgehead atoms. The van der Waals surface area contributed by atoms with Gasteiger partial charge in [0.25, 0.3) is 5.91 Å². The molecule has 5 heteroatoms. The molecule has 0 spiro atoms. The topological polar surface area (TPSA) is 74.5 Å². The number of fused-ring (bicyclic) bond motifs is 1. The smallest absolute Gasteiger partial charge is 0.277 e. The summed E-state index contributed by atoms with van der Waals surface area (Å²) in [5, 5.41) is 15.4. The first-order valence-corrected chi connectivity index (χ1v) is 8.11. The number of nitriles is 1. The van der Waals surface area contributed by atoms with E-state index in [0.717, 1.165) is 16.3 Å². The number of amides is 1. The Kier molecular flexibility index (Phi) is 5.25. The first kappa shape index (κ1) is 17.2. The van der Waals surface area contributed by atoms with Crippen LogP contribution in [-0.4, -0.2) is 18.2 Å². The second-order valence-corrected chi connectivity index (χ2v) is 5.69. The maximum Gasteiger partial charge on any atom is 0.277 e. The lowest BCUT2D eigenvalue weighted by atomic mass is 10.0. The standard InChI is InChI=1S/C21H17N3O2/c1-15(17-11-10-16-6-2-3-7-18(16)12-17)23-24-21(25)14-26-20-9-5-4-8-19(20)13-22/h2-12H,14H2,1H3,(H,24,25)/b23-15+. The second kappa shape index (κ2) is 7.95. The summed E-state index contributed by atoms with van der Waals surface area (Å²) in [7, 11) is 0. The third-order valence-electron chi connectivity index (χ3n) is 3.88. The van der Waals surface area contributed by atoms with Crippen LogP contribution in [0.4, 0.5) is 0 Å². The minimum absolute atomic E-state index is 0.215. The molecule has 0 aliphatic carbocycles. The predicted octanol–water partition coefficient (Wildman–Crippen LogP) is 3.63. The SMILES string of the molecule is C/C(=N\NC(=O)COc1ccccc1C#N)c1ccc2ccccc2c1. The number of nitrogens with one attached hydrogen (secondary N) is 1. The molecule has 3 rings (SSSR count). The first-order chi connectivity index (χ1) is 12.7. The molecule has 0 radical (unpaired) electrons. The summed E-state index contributed by atoms with van der Waals surface area (Å²) in [4.78, 5) is 11.9. The average Bonchev–Trinajstić information content (AvgIpc) is 2.70. The summed E-state index contributed by atoms with van der Waals surface area (Å²) in [6.45, 7) is 1.61. The molecule has 1 N–H and O–H groups in total. The van der Waals surface area contributed by atoms with Gasteiger partial charge in [0, 0.05) is 0 Å². The first-order valence-electron chi connectivity index (χ1n) is 8.11. The number of hydrazone groups is 1. The van der Waals surface area contributed by atoms with E-state index < -0.39 is 5.91 Å². The van der Waals surface area contributed by atoms with Gasteiger partial charge in [-0.25, -0.2) is 5.43 Å². The number of ether oxygens (including phenoxy) is 1. The van der Waals surface area contributed by atoms with Crippen LogP contribution >= 0.6 is 0 Å². The van der Waals surface area contributed by atoms with Crippen molar-refractivity contribution in [3.05, 3.63) is 77.9 Å². The van der Waals surface area contributed by atoms with E-state index in [4.69, 9.17) is 10.00 Å². The Bertz CT molecular complexity index is 1020. The van der Waals surface area contributed by atoms with Gasteiger partial charge < -0.3 is 4.74 Å². The fourth-order valence-electron chi connectivity index (χ4n) is 2.49. The van der Waals surface area contributed by atoms with Crippen molar-refractivity contribution >= 4 is 22.4 Å². The molecule has 0 saturated carbocycles. The fourth-order valence-corrected chi connectivity index (χ4v) is 2.49. The number of hydrogen-bond acceptors (Lipinski definition) is 4. The lowest BCUT2D eigenvalue weighted by Gasteiger charge is -2.07. The summed E-state index contributed by atoms with van der Waals surface area (Å²) in [6.07, 6.45) is 0. The van der Waals surface area contributed by atoms with Crippen LogP contribution in [0, 0.1) is 11.3 Å². The van der Waals surface area contributed by atoms with Crippen LogP contribution < -0.4 is 10.2 Å². The van der Waals surface area contributed by atoms with Crippen molar-refractivity contribution in [2.24, 2.45) is 5.10 Å². The number of rotatable bonds is 5. The summed E-state index contributed by atoms with van der Waals surface area (Å²) in [6, 6.07) is 22.9. The van der Waals surface area contributed by atoms with Crippen molar-refractivity contribution in [2.75, 3.05) is 6.61 Å². The lowest BCUT2D eigenvalue weighted by molar-refractivity contribution is -0.123. The molecule has 128 valence electrons. The number of hydrogen-bond donors (Lipinski definition) is 1. The molecular formula is C21H17N3O2. The molecule has 0 heterocycles. The zero-order valence-electron chi connectivity index (χ0n) is 14.3. The lowest BCUT2D eigenvalue weighted by Crippen LogP contribution is -2.25. The van der Waals surface area contributed by atoms with Crippen LogP contribution in [0.25, 0.3) is 10.8 Å². The van der Waals surface area contributed by atoms with Crippen molar-refractivity contribution in [3.8, 4) is 11.8 Å². The highest BCUT2D eigenvalue weighted by molar-refractivity contribution is 6.02. The van der Waals surface area contributed by atoms with E-state index in [-0.39, 0.29) is 6.61 Å². The van der Waals surface area contributed by atoms with E-state index in [0.29, 0.717) is 17.0 Å². The second-order valence-electron chi connectivity index (χ2n) is 5.69. The highest BCUT2D eigenvalue weighted by Crippen LogP contribution is 2.17. The van der Waals surface area contributed by atoms with Gasteiger partial charge in [-0.2, -0.15) is 10.4 Å². The van der Waals surface area contributed by atoms with Gasteiger partial charge in [0.2, 0.25) is 0 Å². The van der Waals surface area contributed by atoms with Gasteiger partial charge in [-0.05, 0) is 41.5 Å². The molecule has 3 aromatic rings. The molecule has 5 nitrogen and oxygen atoms in total. The fraction of sp³-hybridized carbons (Fsp3) is 0.0952. The van der Waals surface area contributed by atoms with Crippen LogP contribution in [0.2, 0.25) is 0 Å². The summed E-state index contributed by atoms with van der Waals surface area (Å²) in [5.41, 5.74) is 4.49. The summed E-state index contributed by atoms with van der Waals surface area (Å²) >= 11 is 0. The van der Waals surface area contributed by atoms with Gasteiger partial charge in [0.15, 0.2) is 6.61 Å². The summed E-state index contributed by atoms with van der Waals surface area (Å²) < 4.78 is 5.38. The van der Waals surface area contributed by atoms with Crippen molar-refractivity contribution < 1.29 is 9.53 Å². The highest BCUT2D eigenvalue weighted by Gasteiger charge is 2.06. The van der Waals surface area contributed by atoms with Gasteiger partial charge in [-0.15, -0.1) is 0 Å². The van der Waals surface area contributed by atoms with E-state index >= 15 is 0 Å². The third kappa shape index (κ3) is 4.05. The number of benzene rings is 3. The molecule has 1 amide bonds. The molecular weight excluding hydrogens is 326 g/mol.